The van der Waals surface area contributed by atoms with Gasteiger partial charge in [-0.15, -0.1) is 0 Å². The van der Waals surface area contributed by atoms with E-state index in [9.17, 15) is 0 Å². The molecule has 2 N–H and O–H groups in total. The van der Waals surface area contributed by atoms with Crippen LogP contribution in [-0.2, 0) is 4.74 Å². The summed E-state index contributed by atoms with van der Waals surface area (Å²) in [7, 11) is 0. The Bertz CT molecular complexity index is 272. The van der Waals surface area contributed by atoms with Crippen LogP contribution in [0.15, 0.2) is 0 Å². The van der Waals surface area contributed by atoms with E-state index in [0.29, 0.717) is 6.04 Å². The van der Waals surface area contributed by atoms with E-state index < -0.39 is 0 Å². The van der Waals surface area contributed by atoms with Gasteiger partial charge in [0, 0.05) is 12.6 Å². The predicted octanol–water partition coefficient (Wildman–Crippen LogP) is 3.20. The van der Waals surface area contributed by atoms with Crippen molar-refractivity contribution < 1.29 is 4.74 Å². The second-order valence-corrected chi connectivity index (χ2v) is 7.81. The highest BCUT2D eigenvalue weighted by molar-refractivity contribution is 7.99. The van der Waals surface area contributed by atoms with Gasteiger partial charge in [-0.2, -0.15) is 11.8 Å². The first kappa shape index (κ1) is 13.3. The number of ether oxygens (including phenoxy) is 1. The van der Waals surface area contributed by atoms with Crippen LogP contribution >= 0.6 is 11.8 Å². The zero-order chi connectivity index (χ0) is 12.4. The predicted molar refractivity (Wildman–Crippen MR) is 77.9 cm³/mol. The quantitative estimate of drug-likeness (QED) is 0.794. The summed E-state index contributed by atoms with van der Waals surface area (Å²) in [6, 6.07) is 0.476. The zero-order valence-electron chi connectivity index (χ0n) is 11.4. The third-order valence-corrected chi connectivity index (χ3v) is 6.34. The van der Waals surface area contributed by atoms with E-state index in [0.717, 1.165) is 18.4 Å². The topological polar surface area (TPSA) is 35.2 Å². The highest BCUT2D eigenvalue weighted by Crippen LogP contribution is 2.44. The Morgan fingerprint density at radius 1 is 1.06 bits per heavy atom. The Morgan fingerprint density at radius 2 is 1.89 bits per heavy atom. The number of thioether (sulfide) groups is 1. The number of rotatable bonds is 1. The maximum atomic E-state index is 6.21. The van der Waals surface area contributed by atoms with E-state index in [1.165, 1.54) is 62.9 Å². The molecule has 0 bridgehead atoms. The van der Waals surface area contributed by atoms with Crippen molar-refractivity contribution in [1.29, 1.82) is 0 Å². The van der Waals surface area contributed by atoms with Gasteiger partial charge in [-0.3, -0.25) is 0 Å². The summed E-state index contributed by atoms with van der Waals surface area (Å²) in [4.78, 5) is 0. The molecule has 3 unspecified atom stereocenters. The van der Waals surface area contributed by atoms with Crippen molar-refractivity contribution in [3.05, 3.63) is 0 Å². The molecule has 1 saturated carbocycles. The molecule has 3 heteroatoms. The van der Waals surface area contributed by atoms with Crippen LogP contribution in [0.1, 0.15) is 51.4 Å². The van der Waals surface area contributed by atoms with Gasteiger partial charge in [0.15, 0.2) is 0 Å². The molecule has 2 heterocycles. The molecular formula is C15H27NOS. The molecule has 2 nitrogen and oxygen atoms in total. The molecule has 18 heavy (non-hydrogen) atoms. The molecule has 0 aromatic heterocycles. The SMILES string of the molecule is NC1CCCC(C2CCOC3(CCSCC3)C2)C1. The lowest BCUT2D eigenvalue weighted by atomic mass is 9.70. The van der Waals surface area contributed by atoms with E-state index >= 15 is 0 Å². The van der Waals surface area contributed by atoms with E-state index in [-0.39, 0.29) is 5.60 Å². The molecule has 2 aliphatic heterocycles. The first-order valence-corrected chi connectivity index (χ1v) is 8.90. The Balaban J connectivity index is 1.62. The lowest BCUT2D eigenvalue weighted by Gasteiger charge is -2.46. The van der Waals surface area contributed by atoms with Crippen molar-refractivity contribution >= 4 is 11.8 Å². The lowest BCUT2D eigenvalue weighted by Crippen LogP contribution is -2.45. The number of hydrogen-bond acceptors (Lipinski definition) is 3. The summed E-state index contributed by atoms with van der Waals surface area (Å²) in [6.45, 7) is 1.00. The van der Waals surface area contributed by atoms with Gasteiger partial charge < -0.3 is 10.5 Å². The largest absolute Gasteiger partial charge is 0.375 e. The molecule has 104 valence electrons. The minimum Gasteiger partial charge on any atom is -0.375 e. The van der Waals surface area contributed by atoms with Gasteiger partial charge in [0.2, 0.25) is 0 Å². The zero-order valence-corrected chi connectivity index (χ0v) is 12.2. The third kappa shape index (κ3) is 2.88. The Morgan fingerprint density at radius 3 is 2.67 bits per heavy atom. The second kappa shape index (κ2) is 5.72. The van der Waals surface area contributed by atoms with Crippen LogP contribution in [-0.4, -0.2) is 29.8 Å². The maximum absolute atomic E-state index is 6.21. The fraction of sp³-hybridized carbons (Fsp3) is 1.00. The molecule has 3 fully saturated rings. The Kier molecular flexibility index (Phi) is 4.21. The fourth-order valence-electron chi connectivity index (χ4n) is 4.25. The average molecular weight is 269 g/mol. The summed E-state index contributed by atoms with van der Waals surface area (Å²) in [5.41, 5.74) is 6.43. The van der Waals surface area contributed by atoms with E-state index in [1.54, 1.807) is 0 Å². The van der Waals surface area contributed by atoms with E-state index in [1.807, 2.05) is 0 Å². The highest BCUT2D eigenvalue weighted by atomic mass is 32.2. The van der Waals surface area contributed by atoms with Crippen LogP contribution in [0.2, 0.25) is 0 Å². The van der Waals surface area contributed by atoms with E-state index in [4.69, 9.17) is 10.5 Å². The van der Waals surface area contributed by atoms with Crippen molar-refractivity contribution in [3.8, 4) is 0 Å². The summed E-state index contributed by atoms with van der Waals surface area (Å²) < 4.78 is 6.21. The van der Waals surface area contributed by atoms with Gasteiger partial charge in [0.25, 0.3) is 0 Å². The molecule has 3 atom stereocenters. The van der Waals surface area contributed by atoms with E-state index in [2.05, 4.69) is 11.8 Å². The first-order chi connectivity index (χ1) is 8.77. The Hall–Kier alpha value is 0.270. The fourth-order valence-corrected chi connectivity index (χ4v) is 5.49. The summed E-state index contributed by atoms with van der Waals surface area (Å²) in [5, 5.41) is 0. The van der Waals surface area contributed by atoms with Crippen LogP contribution in [0.5, 0.6) is 0 Å². The maximum Gasteiger partial charge on any atom is 0.0701 e. The van der Waals surface area contributed by atoms with Gasteiger partial charge in [-0.05, 0) is 61.9 Å². The second-order valence-electron chi connectivity index (χ2n) is 6.58. The normalized spacial score (nSPS) is 40.8. The van der Waals surface area contributed by atoms with Crippen LogP contribution in [0.4, 0.5) is 0 Å². The number of nitrogens with two attached hydrogens (primary N) is 1. The molecule has 0 amide bonds. The molecule has 2 saturated heterocycles. The monoisotopic (exact) mass is 269 g/mol. The average Bonchev–Trinajstić information content (AvgIpc) is 2.40. The summed E-state index contributed by atoms with van der Waals surface area (Å²) in [5.74, 6) is 4.39. The van der Waals surface area contributed by atoms with Crippen molar-refractivity contribution in [2.75, 3.05) is 18.1 Å². The molecule has 3 rings (SSSR count). The smallest absolute Gasteiger partial charge is 0.0701 e. The Labute approximate surface area is 115 Å². The minimum atomic E-state index is 0.260. The first-order valence-electron chi connectivity index (χ1n) is 7.75. The van der Waals surface area contributed by atoms with Crippen LogP contribution in [0, 0.1) is 11.8 Å². The van der Waals surface area contributed by atoms with Gasteiger partial charge in [-0.25, -0.2) is 0 Å². The molecule has 0 aromatic rings. The van der Waals surface area contributed by atoms with Gasteiger partial charge in [0.05, 0.1) is 5.60 Å². The third-order valence-electron chi connectivity index (χ3n) is 5.36. The van der Waals surface area contributed by atoms with Crippen molar-refractivity contribution in [2.45, 2.75) is 63.0 Å². The van der Waals surface area contributed by atoms with Crippen molar-refractivity contribution in [1.82, 2.24) is 0 Å². The van der Waals surface area contributed by atoms with Crippen molar-refractivity contribution in [3.63, 3.8) is 0 Å². The van der Waals surface area contributed by atoms with Crippen molar-refractivity contribution in [2.24, 2.45) is 17.6 Å². The molecular weight excluding hydrogens is 242 g/mol. The lowest BCUT2D eigenvalue weighted by molar-refractivity contribution is -0.113. The van der Waals surface area contributed by atoms with Gasteiger partial charge in [0.1, 0.15) is 0 Å². The molecule has 1 aliphatic carbocycles. The molecule has 1 spiro atoms. The van der Waals surface area contributed by atoms with Crippen LogP contribution < -0.4 is 5.73 Å². The summed E-state index contributed by atoms with van der Waals surface area (Å²) >= 11 is 2.10. The minimum absolute atomic E-state index is 0.260. The van der Waals surface area contributed by atoms with Crippen LogP contribution in [0.25, 0.3) is 0 Å². The van der Waals surface area contributed by atoms with Crippen LogP contribution in [0.3, 0.4) is 0 Å². The standard InChI is InChI=1S/C15H27NOS/c16-14-3-1-2-12(10-14)13-4-7-17-15(11-13)5-8-18-9-6-15/h12-14H,1-11,16H2. The van der Waals surface area contributed by atoms with Gasteiger partial charge >= 0.3 is 0 Å². The highest BCUT2D eigenvalue weighted by Gasteiger charge is 2.41. The summed E-state index contributed by atoms with van der Waals surface area (Å²) in [6.07, 6.45) is 10.5. The molecule has 0 aromatic carbocycles. The molecule has 0 radical (unpaired) electrons. The van der Waals surface area contributed by atoms with Gasteiger partial charge in [-0.1, -0.05) is 12.8 Å². The number of hydrogen-bond donors (Lipinski definition) is 1. The molecule has 3 aliphatic rings.